The molecule has 2 rings (SSSR count). The molecule has 0 bridgehead atoms. The lowest BCUT2D eigenvalue weighted by atomic mass is 10.1. The van der Waals surface area contributed by atoms with Crippen LogP contribution in [0.5, 0.6) is 0 Å². The summed E-state index contributed by atoms with van der Waals surface area (Å²) in [6.45, 7) is 4.97. The zero-order valence-corrected chi connectivity index (χ0v) is 10.3. The molecule has 1 aliphatic rings. The summed E-state index contributed by atoms with van der Waals surface area (Å²) in [5, 5.41) is 14.0. The van der Waals surface area contributed by atoms with E-state index in [1.165, 1.54) is 12.8 Å². The van der Waals surface area contributed by atoms with Gasteiger partial charge in [-0.25, -0.2) is 0 Å². The third-order valence-corrected chi connectivity index (χ3v) is 3.45. The van der Waals surface area contributed by atoms with Gasteiger partial charge in [0.2, 0.25) is 0 Å². The van der Waals surface area contributed by atoms with Gasteiger partial charge >= 0.3 is 0 Å². The van der Waals surface area contributed by atoms with Crippen LogP contribution in [0.25, 0.3) is 0 Å². The number of rotatable bonds is 5. The van der Waals surface area contributed by atoms with Crippen molar-refractivity contribution in [1.29, 1.82) is 0 Å². The van der Waals surface area contributed by atoms with Crippen LogP contribution < -0.4 is 5.32 Å². The first kappa shape index (κ1) is 11.9. The van der Waals surface area contributed by atoms with Crippen LogP contribution in [0.15, 0.2) is 18.2 Å². The molecule has 0 saturated heterocycles. The Morgan fingerprint density at radius 1 is 1.53 bits per heavy atom. The lowest BCUT2D eigenvalue weighted by Crippen LogP contribution is -2.12. The molecule has 1 N–H and O–H groups in total. The van der Waals surface area contributed by atoms with Crippen molar-refractivity contribution in [3.63, 3.8) is 0 Å². The number of nitrogens with one attached hydrogen (secondary N) is 1. The lowest BCUT2D eigenvalue weighted by molar-refractivity contribution is -0.385. The van der Waals surface area contributed by atoms with E-state index in [9.17, 15) is 10.1 Å². The molecular formula is C13H18N2O2. The zero-order valence-electron chi connectivity index (χ0n) is 10.3. The molecule has 0 aliphatic heterocycles. The Kier molecular flexibility index (Phi) is 3.31. The van der Waals surface area contributed by atoms with Gasteiger partial charge in [0.25, 0.3) is 5.69 Å². The van der Waals surface area contributed by atoms with E-state index in [2.05, 4.69) is 12.2 Å². The van der Waals surface area contributed by atoms with Gasteiger partial charge in [0.05, 0.1) is 4.92 Å². The van der Waals surface area contributed by atoms with Crippen molar-refractivity contribution in [2.45, 2.75) is 26.7 Å². The van der Waals surface area contributed by atoms with Crippen molar-refractivity contribution in [3.05, 3.63) is 33.9 Å². The maximum absolute atomic E-state index is 10.7. The molecule has 4 nitrogen and oxygen atoms in total. The highest BCUT2D eigenvalue weighted by Crippen LogP contribution is 2.36. The highest BCUT2D eigenvalue weighted by atomic mass is 16.6. The standard InChI is InChI=1S/C13H18N2O2/c1-9-7-12(5-6-13(9)15(16)17)14-8-10(2)11-3-4-11/h5-7,10-11,14H,3-4,8H2,1-2H3. The number of anilines is 1. The smallest absolute Gasteiger partial charge is 0.272 e. The maximum atomic E-state index is 10.7. The molecule has 1 aromatic carbocycles. The molecule has 0 radical (unpaired) electrons. The van der Waals surface area contributed by atoms with Crippen LogP contribution in [-0.2, 0) is 0 Å². The molecule has 4 heteroatoms. The molecule has 0 aromatic heterocycles. The third-order valence-electron chi connectivity index (χ3n) is 3.45. The van der Waals surface area contributed by atoms with Gasteiger partial charge < -0.3 is 5.32 Å². The van der Waals surface area contributed by atoms with Crippen LogP contribution >= 0.6 is 0 Å². The first-order valence-electron chi connectivity index (χ1n) is 6.07. The van der Waals surface area contributed by atoms with Crippen molar-refractivity contribution in [3.8, 4) is 0 Å². The maximum Gasteiger partial charge on any atom is 0.272 e. The molecule has 1 saturated carbocycles. The average molecular weight is 234 g/mol. The van der Waals surface area contributed by atoms with Gasteiger partial charge in [-0.05, 0) is 43.7 Å². The Hall–Kier alpha value is -1.58. The Balaban J connectivity index is 1.97. The minimum Gasteiger partial charge on any atom is -0.385 e. The number of nitro groups is 1. The van der Waals surface area contributed by atoms with E-state index < -0.39 is 0 Å². The Morgan fingerprint density at radius 2 is 2.24 bits per heavy atom. The van der Waals surface area contributed by atoms with Crippen molar-refractivity contribution in [2.24, 2.45) is 11.8 Å². The first-order valence-corrected chi connectivity index (χ1v) is 6.07. The largest absolute Gasteiger partial charge is 0.385 e. The van der Waals surface area contributed by atoms with Gasteiger partial charge in [0.1, 0.15) is 0 Å². The number of nitro benzene ring substituents is 1. The van der Waals surface area contributed by atoms with Crippen LogP contribution in [0, 0.1) is 28.9 Å². The molecule has 92 valence electrons. The minimum absolute atomic E-state index is 0.186. The van der Waals surface area contributed by atoms with Crippen molar-refractivity contribution in [2.75, 3.05) is 11.9 Å². The van der Waals surface area contributed by atoms with E-state index in [0.717, 1.165) is 18.2 Å². The summed E-state index contributed by atoms with van der Waals surface area (Å²) in [6, 6.07) is 5.20. The second-order valence-corrected chi connectivity index (χ2v) is 4.95. The topological polar surface area (TPSA) is 55.2 Å². The van der Waals surface area contributed by atoms with E-state index in [1.807, 2.05) is 6.07 Å². The van der Waals surface area contributed by atoms with E-state index >= 15 is 0 Å². The van der Waals surface area contributed by atoms with E-state index in [0.29, 0.717) is 11.5 Å². The predicted molar refractivity (Wildman–Crippen MR) is 68.2 cm³/mol. The highest BCUT2D eigenvalue weighted by molar-refractivity contribution is 5.53. The number of nitrogens with zero attached hydrogens (tertiary/aromatic N) is 1. The van der Waals surface area contributed by atoms with Crippen LogP contribution in [0.3, 0.4) is 0 Å². The third kappa shape index (κ3) is 2.96. The van der Waals surface area contributed by atoms with Crippen LogP contribution in [0.4, 0.5) is 11.4 Å². The molecule has 1 aliphatic carbocycles. The van der Waals surface area contributed by atoms with Gasteiger partial charge in [-0.1, -0.05) is 6.92 Å². The summed E-state index contributed by atoms with van der Waals surface area (Å²) >= 11 is 0. The molecule has 1 unspecified atom stereocenters. The van der Waals surface area contributed by atoms with Crippen molar-refractivity contribution in [1.82, 2.24) is 0 Å². The summed E-state index contributed by atoms with van der Waals surface area (Å²) in [7, 11) is 0. The minimum atomic E-state index is -0.341. The molecule has 17 heavy (non-hydrogen) atoms. The highest BCUT2D eigenvalue weighted by Gasteiger charge is 2.27. The molecule has 1 fully saturated rings. The van der Waals surface area contributed by atoms with Crippen LogP contribution in [0.2, 0.25) is 0 Å². The van der Waals surface area contributed by atoms with E-state index in [4.69, 9.17) is 0 Å². The lowest BCUT2D eigenvalue weighted by Gasteiger charge is -2.12. The molecular weight excluding hydrogens is 216 g/mol. The van der Waals surface area contributed by atoms with Gasteiger partial charge in [0, 0.05) is 23.9 Å². The zero-order chi connectivity index (χ0) is 12.4. The number of hydrogen-bond acceptors (Lipinski definition) is 3. The van der Waals surface area contributed by atoms with E-state index in [1.54, 1.807) is 19.1 Å². The predicted octanol–water partition coefficient (Wildman–Crippen LogP) is 3.36. The number of benzene rings is 1. The Bertz CT molecular complexity index is 427. The fourth-order valence-corrected chi connectivity index (χ4v) is 2.08. The summed E-state index contributed by atoms with van der Waals surface area (Å²) in [4.78, 5) is 10.3. The van der Waals surface area contributed by atoms with Gasteiger partial charge in [0.15, 0.2) is 0 Å². The van der Waals surface area contributed by atoms with Gasteiger partial charge in [-0.15, -0.1) is 0 Å². The number of hydrogen-bond donors (Lipinski definition) is 1. The fraction of sp³-hybridized carbons (Fsp3) is 0.538. The molecule has 0 spiro atoms. The second kappa shape index (κ2) is 4.73. The average Bonchev–Trinajstić information content (AvgIpc) is 3.09. The van der Waals surface area contributed by atoms with Crippen molar-refractivity contribution < 1.29 is 4.92 Å². The van der Waals surface area contributed by atoms with Crippen LogP contribution in [-0.4, -0.2) is 11.5 Å². The molecule has 1 aromatic rings. The summed E-state index contributed by atoms with van der Waals surface area (Å²) in [5.41, 5.74) is 1.87. The van der Waals surface area contributed by atoms with Gasteiger partial charge in [-0.3, -0.25) is 10.1 Å². The monoisotopic (exact) mass is 234 g/mol. The first-order chi connectivity index (χ1) is 8.08. The normalized spacial score (nSPS) is 16.6. The summed E-state index contributed by atoms with van der Waals surface area (Å²) in [6.07, 6.45) is 2.70. The summed E-state index contributed by atoms with van der Waals surface area (Å²) < 4.78 is 0. The molecule has 1 atom stereocenters. The van der Waals surface area contributed by atoms with Crippen LogP contribution in [0.1, 0.15) is 25.3 Å². The molecule has 0 heterocycles. The summed E-state index contributed by atoms with van der Waals surface area (Å²) in [5.74, 6) is 1.56. The van der Waals surface area contributed by atoms with Gasteiger partial charge in [-0.2, -0.15) is 0 Å². The fourth-order valence-electron chi connectivity index (χ4n) is 2.08. The van der Waals surface area contributed by atoms with Crippen molar-refractivity contribution >= 4 is 11.4 Å². The SMILES string of the molecule is Cc1cc(NCC(C)C2CC2)ccc1[N+](=O)[O-]. The Morgan fingerprint density at radius 3 is 2.76 bits per heavy atom. The molecule has 0 amide bonds. The quantitative estimate of drug-likeness (QED) is 0.627. The van der Waals surface area contributed by atoms with E-state index in [-0.39, 0.29) is 10.6 Å². The second-order valence-electron chi connectivity index (χ2n) is 4.95. The number of aryl methyl sites for hydroxylation is 1. The Labute approximate surface area is 101 Å².